The van der Waals surface area contributed by atoms with Crippen LogP contribution in [0.3, 0.4) is 0 Å². The zero-order chi connectivity index (χ0) is 22.7. The highest BCUT2D eigenvalue weighted by molar-refractivity contribution is 4.76. The Morgan fingerprint density at radius 1 is 0.607 bits per heavy atom. The zero-order valence-corrected chi connectivity index (χ0v) is 13.0. The van der Waals surface area contributed by atoms with Crippen LogP contribution in [0, 0.1) is 0 Å². The van der Waals surface area contributed by atoms with Gasteiger partial charge in [0.25, 0.3) is 0 Å². The van der Waals surface area contributed by atoms with Crippen molar-refractivity contribution in [3.05, 3.63) is 12.7 Å². The Kier molecular flexibility index (Phi) is 8.17. The predicted octanol–water partition coefficient (Wildman–Crippen LogP) is 5.11. The van der Waals surface area contributed by atoms with Crippen LogP contribution in [0.5, 0.6) is 0 Å². The first-order valence-electron chi connectivity index (χ1n) is 6.43. The molecule has 0 unspecified atom stereocenters. The predicted molar refractivity (Wildman–Crippen MR) is 59.7 cm³/mol. The molecule has 0 bridgehead atoms. The second kappa shape index (κ2) is 8.58. The van der Waals surface area contributed by atoms with Crippen molar-refractivity contribution in [2.45, 2.75) is 43.3 Å². The zero-order valence-electron chi connectivity index (χ0n) is 13.0. The van der Waals surface area contributed by atoms with Crippen LogP contribution >= 0.6 is 0 Å². The van der Waals surface area contributed by atoms with Crippen molar-refractivity contribution in [1.82, 2.24) is 0 Å². The summed E-state index contributed by atoms with van der Waals surface area (Å²) in [6, 6.07) is 0. The summed E-state index contributed by atoms with van der Waals surface area (Å²) >= 11 is 0. The van der Waals surface area contributed by atoms with E-state index in [1.807, 2.05) is 0 Å². The fourth-order valence-electron chi connectivity index (χ4n) is 1.12. The second-order valence-corrected chi connectivity index (χ2v) is 4.59. The normalized spacial score (nSPS) is 15.0. The summed E-state index contributed by atoms with van der Waals surface area (Å²) in [5, 5.41) is 0. The molecule has 17 heteroatoms. The molecule has 0 fully saturated rings. The Morgan fingerprint density at radius 3 is 1.39 bits per heavy atom. The van der Waals surface area contributed by atoms with Gasteiger partial charge in [-0.2, -0.15) is 43.9 Å². The molecule has 0 radical (unpaired) electrons. The maximum Gasteiger partial charge on any atom is 0.527 e. The molecule has 28 heavy (non-hydrogen) atoms. The number of hydrogen-bond acceptors (Lipinski definition) is 4. The lowest BCUT2D eigenvalue weighted by molar-refractivity contribution is -0.564. The lowest BCUT2D eigenvalue weighted by Gasteiger charge is -2.33. The molecule has 0 aromatic rings. The number of hydrogen-bond donors (Lipinski definition) is 0. The van der Waals surface area contributed by atoms with Crippen molar-refractivity contribution >= 4 is 0 Å². The standard InChI is InChI=1S/C11H9F13O4/c1-2-3-4-25-5-6(12,13)26-7(14,15)8(16,17)27-9(18,19)10(20,21)28-11(22,23)24/h2H,1,3-5H2. The Bertz CT molecular complexity index is 517. The molecule has 168 valence electrons. The summed E-state index contributed by atoms with van der Waals surface area (Å²) in [6.07, 6.45) is -38.5. The molecule has 0 N–H and O–H groups in total. The summed E-state index contributed by atoms with van der Waals surface area (Å²) in [7, 11) is 0. The topological polar surface area (TPSA) is 36.9 Å². The van der Waals surface area contributed by atoms with Crippen LogP contribution in [0.15, 0.2) is 12.7 Å². The van der Waals surface area contributed by atoms with Crippen LogP contribution in [0.4, 0.5) is 57.1 Å². The van der Waals surface area contributed by atoms with E-state index in [9.17, 15) is 57.1 Å². The SMILES string of the molecule is C=CCCOCC(F)(F)OC(F)(F)C(F)(F)OC(F)(F)C(F)(F)OC(F)(F)F. The van der Waals surface area contributed by atoms with Gasteiger partial charge in [0.2, 0.25) is 0 Å². The van der Waals surface area contributed by atoms with E-state index >= 15 is 0 Å². The Labute approximate surface area is 146 Å². The maximum atomic E-state index is 13.0. The van der Waals surface area contributed by atoms with E-state index in [0.29, 0.717) is 0 Å². The highest BCUT2D eigenvalue weighted by atomic mass is 19.4. The molecule has 0 aromatic carbocycles. The number of ether oxygens (including phenoxy) is 4. The molecule has 0 amide bonds. The summed E-state index contributed by atoms with van der Waals surface area (Å²) in [4.78, 5) is 0. The highest BCUT2D eigenvalue weighted by Crippen LogP contribution is 2.48. The lowest BCUT2D eigenvalue weighted by Crippen LogP contribution is -2.57. The number of alkyl halides is 13. The molecule has 0 heterocycles. The van der Waals surface area contributed by atoms with E-state index in [0.717, 1.165) is 6.08 Å². The van der Waals surface area contributed by atoms with Gasteiger partial charge in [0.05, 0.1) is 6.61 Å². The van der Waals surface area contributed by atoms with Gasteiger partial charge in [-0.1, -0.05) is 6.08 Å². The molecule has 0 aliphatic rings. The van der Waals surface area contributed by atoms with Crippen LogP contribution in [0.25, 0.3) is 0 Å². The van der Waals surface area contributed by atoms with Crippen molar-refractivity contribution in [3.8, 4) is 0 Å². The van der Waals surface area contributed by atoms with E-state index in [-0.39, 0.29) is 6.42 Å². The monoisotopic (exact) mass is 452 g/mol. The summed E-state index contributed by atoms with van der Waals surface area (Å²) in [6.45, 7) is 0.417. The molecule has 0 saturated carbocycles. The van der Waals surface area contributed by atoms with E-state index in [1.54, 1.807) is 4.74 Å². The van der Waals surface area contributed by atoms with Crippen molar-refractivity contribution in [1.29, 1.82) is 0 Å². The van der Waals surface area contributed by atoms with E-state index in [1.165, 1.54) is 4.74 Å². The van der Waals surface area contributed by atoms with Gasteiger partial charge in [0, 0.05) is 0 Å². The second-order valence-electron chi connectivity index (χ2n) is 4.59. The van der Waals surface area contributed by atoms with Crippen molar-refractivity contribution in [3.63, 3.8) is 0 Å². The van der Waals surface area contributed by atoms with Gasteiger partial charge < -0.3 is 4.74 Å². The smallest absolute Gasteiger partial charge is 0.372 e. The number of rotatable bonds is 12. The minimum Gasteiger partial charge on any atom is -0.372 e. The molecule has 0 spiro atoms. The molecule has 0 aliphatic heterocycles. The minimum absolute atomic E-state index is 0.105. The van der Waals surface area contributed by atoms with Crippen LogP contribution < -0.4 is 0 Å². The van der Waals surface area contributed by atoms with Crippen molar-refractivity contribution < 1.29 is 76.0 Å². The summed E-state index contributed by atoms with van der Waals surface area (Å²) < 4.78 is 173. The van der Waals surface area contributed by atoms with Gasteiger partial charge in [-0.05, 0) is 6.42 Å². The van der Waals surface area contributed by atoms with E-state index in [2.05, 4.69) is 16.1 Å². The molecule has 0 rings (SSSR count). The minimum atomic E-state index is -7.06. The first-order valence-corrected chi connectivity index (χ1v) is 6.43. The molecular formula is C11H9F13O4. The van der Waals surface area contributed by atoms with Gasteiger partial charge in [-0.25, -0.2) is 14.2 Å². The van der Waals surface area contributed by atoms with Gasteiger partial charge in [0.15, 0.2) is 0 Å². The Hall–Kier alpha value is -1.33. The average Bonchev–Trinajstić information content (AvgIpc) is 2.38. The quantitative estimate of drug-likeness (QED) is 0.234. The maximum absolute atomic E-state index is 13.0. The van der Waals surface area contributed by atoms with Crippen LogP contribution in [-0.4, -0.2) is 50.1 Å². The molecule has 0 atom stereocenters. The van der Waals surface area contributed by atoms with E-state index in [4.69, 9.17) is 0 Å². The van der Waals surface area contributed by atoms with Crippen molar-refractivity contribution in [2.75, 3.05) is 13.2 Å². The van der Waals surface area contributed by atoms with Gasteiger partial charge >= 0.3 is 36.9 Å². The van der Waals surface area contributed by atoms with Crippen LogP contribution in [0.1, 0.15) is 6.42 Å². The highest BCUT2D eigenvalue weighted by Gasteiger charge is 2.74. The third-order valence-electron chi connectivity index (χ3n) is 2.19. The van der Waals surface area contributed by atoms with Gasteiger partial charge in [0.1, 0.15) is 6.61 Å². The molecular weight excluding hydrogens is 443 g/mol. The molecule has 0 aliphatic carbocycles. The third-order valence-corrected chi connectivity index (χ3v) is 2.19. The van der Waals surface area contributed by atoms with Crippen molar-refractivity contribution in [2.24, 2.45) is 0 Å². The fraction of sp³-hybridized carbons (Fsp3) is 0.818. The van der Waals surface area contributed by atoms with Crippen LogP contribution in [0.2, 0.25) is 0 Å². The lowest BCUT2D eigenvalue weighted by atomic mass is 10.4. The number of halogens is 13. The Morgan fingerprint density at radius 2 is 1.00 bits per heavy atom. The van der Waals surface area contributed by atoms with E-state index < -0.39 is 50.1 Å². The largest absolute Gasteiger partial charge is 0.527 e. The molecule has 0 saturated heterocycles. The average molecular weight is 452 g/mol. The van der Waals surface area contributed by atoms with Crippen LogP contribution in [-0.2, 0) is 18.9 Å². The fourth-order valence-corrected chi connectivity index (χ4v) is 1.12. The summed E-state index contributed by atoms with van der Waals surface area (Å²) in [5.74, 6) is 0. The first-order chi connectivity index (χ1) is 12.2. The Balaban J connectivity index is 5.30. The van der Waals surface area contributed by atoms with Gasteiger partial charge in [-0.3, -0.25) is 0 Å². The summed E-state index contributed by atoms with van der Waals surface area (Å²) in [5.41, 5.74) is 0. The molecule has 0 aromatic heterocycles. The third kappa shape index (κ3) is 7.96. The first kappa shape index (κ1) is 26.7. The molecule has 4 nitrogen and oxygen atoms in total. The van der Waals surface area contributed by atoms with Gasteiger partial charge in [-0.15, -0.1) is 19.8 Å².